The molecule has 1 saturated carbocycles. The summed E-state index contributed by atoms with van der Waals surface area (Å²) in [4.78, 5) is 23.4. The van der Waals surface area contributed by atoms with Crippen molar-refractivity contribution in [1.29, 1.82) is 0 Å². The van der Waals surface area contributed by atoms with Crippen molar-refractivity contribution in [1.82, 2.24) is 15.3 Å². The molecule has 1 unspecified atom stereocenters. The Morgan fingerprint density at radius 2 is 2.05 bits per heavy atom. The van der Waals surface area contributed by atoms with E-state index in [2.05, 4.69) is 16.9 Å². The van der Waals surface area contributed by atoms with E-state index >= 15 is 0 Å². The van der Waals surface area contributed by atoms with Crippen molar-refractivity contribution in [3.63, 3.8) is 0 Å². The van der Waals surface area contributed by atoms with Gasteiger partial charge < -0.3 is 25.2 Å². The van der Waals surface area contributed by atoms with Gasteiger partial charge in [-0.25, -0.2) is 4.98 Å². The quantitative estimate of drug-likeness (QED) is 0.382. The first-order valence-electron chi connectivity index (χ1n) is 12.1. The lowest BCUT2D eigenvalue weighted by Crippen LogP contribution is -2.30. The van der Waals surface area contributed by atoms with Gasteiger partial charge in [-0.05, 0) is 44.4 Å². The number of hydrogen-bond donors (Lipinski definition) is 3. The molecule has 194 valence electrons. The van der Waals surface area contributed by atoms with E-state index in [0.29, 0.717) is 21.9 Å². The molecule has 9 heteroatoms. The Bertz CT molecular complexity index is 1320. The van der Waals surface area contributed by atoms with Crippen molar-refractivity contribution in [2.24, 2.45) is 5.92 Å². The first kappa shape index (κ1) is 26.6. The second-order valence-corrected chi connectivity index (χ2v) is 9.48. The van der Waals surface area contributed by atoms with Crippen LogP contribution in [-0.2, 0) is 17.9 Å². The average Bonchev–Trinajstić information content (AvgIpc) is 3.23. The summed E-state index contributed by atoms with van der Waals surface area (Å²) in [6.45, 7) is 8.14. The van der Waals surface area contributed by atoms with Crippen LogP contribution in [0.15, 0.2) is 61.7 Å². The first-order chi connectivity index (χ1) is 17.8. The van der Waals surface area contributed by atoms with E-state index in [-0.39, 0.29) is 31.9 Å². The number of pyridine rings is 2. The van der Waals surface area contributed by atoms with Gasteiger partial charge in [0.05, 0.1) is 22.9 Å². The van der Waals surface area contributed by atoms with Crippen molar-refractivity contribution in [3.8, 4) is 5.75 Å². The predicted molar refractivity (Wildman–Crippen MR) is 144 cm³/mol. The molecule has 0 aliphatic heterocycles. The maximum Gasteiger partial charge on any atom is 0.223 e. The molecule has 1 aromatic carbocycles. The van der Waals surface area contributed by atoms with E-state index in [9.17, 15) is 15.0 Å². The number of hydrogen-bond acceptors (Lipinski definition) is 7. The smallest absolute Gasteiger partial charge is 0.223 e. The van der Waals surface area contributed by atoms with E-state index in [0.717, 1.165) is 22.3 Å². The molecule has 37 heavy (non-hydrogen) atoms. The van der Waals surface area contributed by atoms with Gasteiger partial charge in [-0.2, -0.15) is 0 Å². The van der Waals surface area contributed by atoms with E-state index in [1.54, 1.807) is 12.4 Å². The van der Waals surface area contributed by atoms with Gasteiger partial charge in [0.1, 0.15) is 17.9 Å². The normalized spacial score (nSPS) is 19.3. The van der Waals surface area contributed by atoms with E-state index < -0.39 is 18.1 Å². The Morgan fingerprint density at radius 3 is 2.76 bits per heavy atom. The molecule has 4 rings (SSSR count). The van der Waals surface area contributed by atoms with Gasteiger partial charge in [0.15, 0.2) is 0 Å². The van der Waals surface area contributed by atoms with Crippen LogP contribution in [0, 0.1) is 12.8 Å². The SMILES string of the molecule is C=CN(/C=C\C)c1cc(C)nc2c(OCc3c(Cl)cncc3CNC(=O)C3C[C@@H](O)[C@@H](O)C3)cccc12. The minimum Gasteiger partial charge on any atom is -0.487 e. The number of aryl methyl sites for hydroxylation is 1. The van der Waals surface area contributed by atoms with Crippen molar-refractivity contribution in [3.05, 3.63) is 83.6 Å². The summed E-state index contributed by atoms with van der Waals surface area (Å²) in [5, 5.41) is 23.7. The summed E-state index contributed by atoms with van der Waals surface area (Å²) < 4.78 is 6.23. The largest absolute Gasteiger partial charge is 0.487 e. The molecule has 8 nitrogen and oxygen atoms in total. The highest BCUT2D eigenvalue weighted by molar-refractivity contribution is 6.31. The summed E-state index contributed by atoms with van der Waals surface area (Å²) in [6.07, 6.45) is 7.53. The summed E-state index contributed by atoms with van der Waals surface area (Å²) in [5.41, 5.74) is 3.91. The molecule has 3 atom stereocenters. The number of carbonyl (C=O) groups excluding carboxylic acids is 1. The van der Waals surface area contributed by atoms with Gasteiger partial charge in [-0.15, -0.1) is 0 Å². The maximum absolute atomic E-state index is 12.6. The molecular formula is C28H31ClN4O4. The minimum atomic E-state index is -0.873. The number of halogens is 1. The standard InChI is InChI=1S/C28H31ClN4O4/c1-4-9-33(5-2)23-10-17(3)32-27-20(23)7-6-8-26(27)37-16-21-19(13-30-15-22(21)29)14-31-28(36)18-11-24(34)25(35)12-18/h4-10,13,15,18,24-25,34-35H,2,11-12,14,16H2,1,3H3,(H,31,36)/b9-4-/t18?,24-,25+. The number of carbonyl (C=O) groups is 1. The van der Waals surface area contributed by atoms with Gasteiger partial charge in [0.25, 0.3) is 0 Å². The van der Waals surface area contributed by atoms with Crippen LogP contribution >= 0.6 is 11.6 Å². The lowest BCUT2D eigenvalue weighted by molar-refractivity contribution is -0.125. The number of nitrogens with one attached hydrogen (secondary N) is 1. The molecule has 3 aromatic rings. The van der Waals surface area contributed by atoms with Crippen LogP contribution in [0.4, 0.5) is 5.69 Å². The fourth-order valence-electron chi connectivity index (χ4n) is 4.56. The molecule has 0 radical (unpaired) electrons. The number of ether oxygens (including phenoxy) is 1. The first-order valence-corrected chi connectivity index (χ1v) is 12.5. The van der Waals surface area contributed by atoms with Crippen molar-refractivity contribution in [2.45, 2.75) is 52.0 Å². The number of aliphatic hydroxyl groups excluding tert-OH is 2. The maximum atomic E-state index is 12.6. The monoisotopic (exact) mass is 522 g/mol. The van der Waals surface area contributed by atoms with Gasteiger partial charge in [-0.3, -0.25) is 9.78 Å². The molecule has 2 heterocycles. The molecule has 0 bridgehead atoms. The Kier molecular flexibility index (Phi) is 8.43. The number of para-hydroxylation sites is 1. The third kappa shape index (κ3) is 5.93. The van der Waals surface area contributed by atoms with Gasteiger partial charge >= 0.3 is 0 Å². The molecule has 0 spiro atoms. The van der Waals surface area contributed by atoms with Crippen molar-refractivity contribution in [2.75, 3.05) is 4.90 Å². The summed E-state index contributed by atoms with van der Waals surface area (Å²) in [6, 6.07) is 7.76. The van der Waals surface area contributed by atoms with Gasteiger partial charge in [0.2, 0.25) is 5.91 Å². The zero-order valence-electron chi connectivity index (χ0n) is 20.9. The van der Waals surface area contributed by atoms with Crippen molar-refractivity contribution < 1.29 is 19.7 Å². The summed E-state index contributed by atoms with van der Waals surface area (Å²) in [7, 11) is 0. The zero-order chi connectivity index (χ0) is 26.5. The van der Waals surface area contributed by atoms with E-state index in [1.165, 1.54) is 6.20 Å². The fourth-order valence-corrected chi connectivity index (χ4v) is 4.79. The Labute approximate surface area is 221 Å². The van der Waals surface area contributed by atoms with Crippen LogP contribution in [0.25, 0.3) is 10.9 Å². The number of anilines is 1. The molecule has 1 fully saturated rings. The minimum absolute atomic E-state index is 0.150. The lowest BCUT2D eigenvalue weighted by Gasteiger charge is -2.19. The van der Waals surface area contributed by atoms with Crippen LogP contribution in [0.3, 0.4) is 0 Å². The van der Waals surface area contributed by atoms with E-state index in [1.807, 2.05) is 55.3 Å². The Hall–Kier alpha value is -3.46. The van der Waals surface area contributed by atoms with Crippen LogP contribution in [0.1, 0.15) is 36.6 Å². The third-order valence-corrected chi connectivity index (χ3v) is 6.81. The molecule has 3 N–H and O–H groups in total. The highest BCUT2D eigenvalue weighted by atomic mass is 35.5. The van der Waals surface area contributed by atoms with Crippen LogP contribution in [-0.4, -0.2) is 38.3 Å². The second kappa shape index (κ2) is 11.7. The Morgan fingerprint density at radius 1 is 1.30 bits per heavy atom. The number of fused-ring (bicyclic) bond motifs is 1. The Balaban J connectivity index is 1.55. The van der Waals surface area contributed by atoms with Gasteiger partial charge in [0, 0.05) is 53.9 Å². The van der Waals surface area contributed by atoms with Crippen LogP contribution in [0.2, 0.25) is 5.02 Å². The predicted octanol–water partition coefficient (Wildman–Crippen LogP) is 4.40. The number of rotatable bonds is 9. The lowest BCUT2D eigenvalue weighted by atomic mass is 10.1. The molecule has 1 aliphatic rings. The average molecular weight is 523 g/mol. The van der Waals surface area contributed by atoms with E-state index in [4.69, 9.17) is 21.3 Å². The zero-order valence-corrected chi connectivity index (χ0v) is 21.7. The summed E-state index contributed by atoms with van der Waals surface area (Å²) >= 11 is 6.48. The number of aromatic nitrogens is 2. The second-order valence-electron chi connectivity index (χ2n) is 9.08. The number of aliphatic hydroxyl groups is 2. The molecule has 1 amide bonds. The molecular weight excluding hydrogens is 492 g/mol. The van der Waals surface area contributed by atoms with Crippen LogP contribution in [0.5, 0.6) is 5.75 Å². The number of nitrogens with zero attached hydrogens (tertiary/aromatic N) is 3. The molecule has 2 aromatic heterocycles. The van der Waals surface area contributed by atoms with Crippen molar-refractivity contribution >= 4 is 34.1 Å². The number of benzene rings is 1. The molecule has 1 aliphatic carbocycles. The highest BCUT2D eigenvalue weighted by Gasteiger charge is 2.35. The third-order valence-electron chi connectivity index (χ3n) is 6.48. The number of allylic oxidation sites excluding steroid dienone is 1. The van der Waals surface area contributed by atoms with Gasteiger partial charge in [-0.1, -0.05) is 36.4 Å². The highest BCUT2D eigenvalue weighted by Crippen LogP contribution is 2.34. The number of amides is 1. The fraction of sp³-hybridized carbons (Fsp3) is 0.321. The topological polar surface area (TPSA) is 108 Å². The molecule has 0 saturated heterocycles. The summed E-state index contributed by atoms with van der Waals surface area (Å²) in [5.74, 6) is -0.0611. The van der Waals surface area contributed by atoms with Crippen LogP contribution < -0.4 is 15.0 Å².